The van der Waals surface area contributed by atoms with Crippen molar-refractivity contribution in [1.29, 1.82) is 0 Å². The first-order valence-electron chi connectivity index (χ1n) is 10.3. The summed E-state index contributed by atoms with van der Waals surface area (Å²) in [6.07, 6.45) is 4.69. The number of hydrogen-bond donors (Lipinski definition) is 2. The Bertz CT molecular complexity index is 1450. The van der Waals surface area contributed by atoms with Crippen LogP contribution >= 0.6 is 24.0 Å². The van der Waals surface area contributed by atoms with Crippen LogP contribution in [0.4, 0.5) is 10.2 Å². The molecule has 0 bridgehead atoms. The smallest absolute Gasteiger partial charge is 0.269 e. The van der Waals surface area contributed by atoms with Crippen molar-refractivity contribution in [2.45, 2.75) is 24.3 Å². The number of nitrogens with one attached hydrogen (secondary N) is 2. The van der Waals surface area contributed by atoms with Gasteiger partial charge in [-0.1, -0.05) is 29.3 Å². The van der Waals surface area contributed by atoms with Gasteiger partial charge in [0.25, 0.3) is 10.0 Å². The third-order valence-corrected chi connectivity index (χ3v) is 7.41. The number of fused-ring (bicyclic) bond motifs is 1. The molecule has 4 aromatic rings. The van der Waals surface area contributed by atoms with Crippen LogP contribution in [0.15, 0.2) is 53.8 Å². The van der Waals surface area contributed by atoms with Gasteiger partial charge in [0.1, 0.15) is 0 Å². The third-order valence-electron chi connectivity index (χ3n) is 5.54. The quantitative estimate of drug-likeness (QED) is 0.407. The van der Waals surface area contributed by atoms with E-state index in [0.29, 0.717) is 22.5 Å². The number of rotatable bonds is 5. The molecule has 1 aliphatic heterocycles. The number of pyridine rings is 1. The first-order valence-corrected chi connectivity index (χ1v) is 12.1. The number of nitrogens with zero attached hydrogens (tertiary/aromatic N) is 4. The van der Waals surface area contributed by atoms with Crippen molar-refractivity contribution >= 4 is 50.9 Å². The van der Waals surface area contributed by atoms with Gasteiger partial charge in [-0.15, -0.1) is 12.4 Å². The zero-order chi connectivity index (χ0) is 23.2. The summed E-state index contributed by atoms with van der Waals surface area (Å²) in [5, 5.41) is 7.07. The molecule has 3 aromatic heterocycles. The van der Waals surface area contributed by atoms with Crippen LogP contribution in [0, 0.1) is 12.7 Å². The fourth-order valence-corrected chi connectivity index (χ4v) is 5.29. The molecule has 178 valence electrons. The zero-order valence-corrected chi connectivity index (χ0v) is 20.4. The highest BCUT2D eigenvalue weighted by Crippen LogP contribution is 2.32. The van der Waals surface area contributed by atoms with Crippen molar-refractivity contribution < 1.29 is 12.8 Å². The lowest BCUT2D eigenvalue weighted by atomic mass is 10.2. The first kappa shape index (κ1) is 24.3. The molecule has 8 nitrogen and oxygen atoms in total. The number of aromatic nitrogens is 4. The molecule has 1 fully saturated rings. The monoisotopic (exact) mass is 522 g/mol. The molecule has 2 N–H and O–H groups in total. The molecule has 4 heterocycles. The number of anilines is 1. The summed E-state index contributed by atoms with van der Waals surface area (Å²) in [6.45, 7) is 3.42. The van der Waals surface area contributed by atoms with Crippen LogP contribution in [0.5, 0.6) is 0 Å². The molecular weight excluding hydrogens is 502 g/mol. The number of halogens is 3. The Hall–Kier alpha value is -2.79. The van der Waals surface area contributed by atoms with E-state index in [1.165, 1.54) is 24.5 Å². The Morgan fingerprint density at radius 3 is 2.68 bits per heavy atom. The van der Waals surface area contributed by atoms with E-state index in [0.717, 1.165) is 28.7 Å². The Kier molecular flexibility index (Phi) is 6.77. The average molecular weight is 523 g/mol. The average Bonchev–Trinajstić information content (AvgIpc) is 3.43. The lowest BCUT2D eigenvalue weighted by molar-refractivity contribution is 0.588. The van der Waals surface area contributed by atoms with Gasteiger partial charge in [-0.2, -0.15) is 0 Å². The molecular formula is C22H21Cl2FN6O2S. The molecule has 12 heteroatoms. The Labute approximate surface area is 207 Å². The van der Waals surface area contributed by atoms with Crippen molar-refractivity contribution in [3.63, 3.8) is 0 Å². The van der Waals surface area contributed by atoms with E-state index in [1.807, 2.05) is 6.92 Å². The van der Waals surface area contributed by atoms with Crippen LogP contribution in [-0.4, -0.2) is 46.5 Å². The molecule has 0 radical (unpaired) electrons. The lowest BCUT2D eigenvalue weighted by Crippen LogP contribution is -2.23. The summed E-state index contributed by atoms with van der Waals surface area (Å²) in [5.74, 6) is -0.361. The lowest BCUT2D eigenvalue weighted by Gasteiger charge is -2.13. The van der Waals surface area contributed by atoms with Gasteiger partial charge >= 0.3 is 0 Å². The van der Waals surface area contributed by atoms with Gasteiger partial charge in [-0.25, -0.2) is 31.7 Å². The molecule has 0 amide bonds. The summed E-state index contributed by atoms with van der Waals surface area (Å²) >= 11 is 6.16. The van der Waals surface area contributed by atoms with Crippen LogP contribution < -0.4 is 10.6 Å². The highest BCUT2D eigenvalue weighted by molar-refractivity contribution is 7.90. The Balaban J connectivity index is 0.00000274. The maximum Gasteiger partial charge on any atom is 0.269 e. The second-order valence-electron chi connectivity index (χ2n) is 7.91. The largest absolute Gasteiger partial charge is 0.363 e. The molecule has 0 aliphatic carbocycles. The fraction of sp³-hybridized carbons (Fsp3) is 0.227. The highest BCUT2D eigenvalue weighted by Gasteiger charge is 2.25. The van der Waals surface area contributed by atoms with Gasteiger partial charge in [0.15, 0.2) is 23.1 Å². The van der Waals surface area contributed by atoms with Gasteiger partial charge in [-0.05, 0) is 38.1 Å². The molecule has 0 saturated carbocycles. The number of aryl methyl sites for hydroxylation is 1. The molecule has 1 saturated heterocycles. The minimum absolute atomic E-state index is 0. The van der Waals surface area contributed by atoms with Crippen molar-refractivity contribution in [3.05, 3.63) is 65.3 Å². The third kappa shape index (κ3) is 4.46. The van der Waals surface area contributed by atoms with E-state index < -0.39 is 15.8 Å². The number of benzene rings is 1. The van der Waals surface area contributed by atoms with Gasteiger partial charge in [0.2, 0.25) is 0 Å². The molecule has 1 aromatic carbocycles. The van der Waals surface area contributed by atoms with E-state index in [9.17, 15) is 12.8 Å². The standard InChI is InChI=1S/C22H20ClFN6O2S.ClH/c1-13-2-4-16(5-3-13)33(31,32)30-12-18(17-8-14(23)9-27-22(17)30)20-26-11-19(24)21(29-20)28-15-6-7-25-10-15;/h2-5,8-9,11-12,15,25H,6-7,10H2,1H3,(H,26,28,29);1H. The zero-order valence-electron chi connectivity index (χ0n) is 18.0. The Morgan fingerprint density at radius 1 is 1.21 bits per heavy atom. The normalized spacial score (nSPS) is 15.9. The van der Waals surface area contributed by atoms with Gasteiger partial charge in [0, 0.05) is 35.9 Å². The predicted octanol–water partition coefficient (Wildman–Crippen LogP) is 4.03. The highest BCUT2D eigenvalue weighted by atomic mass is 35.5. The van der Waals surface area contributed by atoms with E-state index >= 15 is 0 Å². The second-order valence-corrected chi connectivity index (χ2v) is 10.2. The van der Waals surface area contributed by atoms with Crippen LogP contribution in [0.1, 0.15) is 12.0 Å². The van der Waals surface area contributed by atoms with Crippen LogP contribution in [0.3, 0.4) is 0 Å². The van der Waals surface area contributed by atoms with E-state index in [1.54, 1.807) is 18.2 Å². The van der Waals surface area contributed by atoms with Gasteiger partial charge in [0.05, 0.1) is 16.1 Å². The maximum atomic E-state index is 14.4. The van der Waals surface area contributed by atoms with E-state index in [2.05, 4.69) is 25.6 Å². The summed E-state index contributed by atoms with van der Waals surface area (Å²) in [4.78, 5) is 12.9. The topological polar surface area (TPSA) is 102 Å². The molecule has 1 aliphatic rings. The van der Waals surface area contributed by atoms with Crippen molar-refractivity contribution in [2.24, 2.45) is 0 Å². The minimum Gasteiger partial charge on any atom is -0.363 e. The molecule has 1 atom stereocenters. The minimum atomic E-state index is -3.96. The SMILES string of the molecule is Cc1ccc(S(=O)(=O)n2cc(-c3ncc(F)c(NC4CCNC4)n3)c3cc(Cl)cnc32)cc1.Cl. The summed E-state index contributed by atoms with van der Waals surface area (Å²) in [5.41, 5.74) is 1.50. The Morgan fingerprint density at radius 2 is 1.97 bits per heavy atom. The van der Waals surface area contributed by atoms with Gasteiger partial charge < -0.3 is 10.6 Å². The van der Waals surface area contributed by atoms with Crippen LogP contribution in [-0.2, 0) is 10.0 Å². The molecule has 5 rings (SSSR count). The second kappa shape index (κ2) is 9.46. The van der Waals surface area contributed by atoms with E-state index in [4.69, 9.17) is 11.6 Å². The summed E-state index contributed by atoms with van der Waals surface area (Å²) in [6, 6.07) is 8.17. The molecule has 1 unspecified atom stereocenters. The van der Waals surface area contributed by atoms with Gasteiger partial charge in [-0.3, -0.25) is 0 Å². The summed E-state index contributed by atoms with van der Waals surface area (Å²) < 4.78 is 42.3. The first-order chi connectivity index (χ1) is 15.8. The molecule has 34 heavy (non-hydrogen) atoms. The fourth-order valence-electron chi connectivity index (χ4n) is 3.81. The molecule has 0 spiro atoms. The van der Waals surface area contributed by atoms with Crippen molar-refractivity contribution in [1.82, 2.24) is 24.2 Å². The number of hydrogen-bond acceptors (Lipinski definition) is 7. The summed E-state index contributed by atoms with van der Waals surface area (Å²) in [7, 11) is -3.96. The van der Waals surface area contributed by atoms with E-state index in [-0.39, 0.29) is 40.6 Å². The van der Waals surface area contributed by atoms with Crippen LogP contribution in [0.2, 0.25) is 5.02 Å². The van der Waals surface area contributed by atoms with Crippen molar-refractivity contribution in [3.8, 4) is 11.4 Å². The maximum absolute atomic E-state index is 14.4. The van der Waals surface area contributed by atoms with Crippen LogP contribution in [0.25, 0.3) is 22.4 Å². The predicted molar refractivity (Wildman–Crippen MR) is 132 cm³/mol. The van der Waals surface area contributed by atoms with Crippen molar-refractivity contribution in [2.75, 3.05) is 18.4 Å².